The Kier molecular flexibility index (Phi) is 3.32. The average molecular weight is 307 g/mol. The number of carbonyl (C=O) groups excluding carboxylic acids is 1. The maximum atomic E-state index is 12.6. The summed E-state index contributed by atoms with van der Waals surface area (Å²) in [5.41, 5.74) is 8.86. The lowest BCUT2D eigenvalue weighted by molar-refractivity contribution is 0.0989. The number of benzene rings is 2. The van der Waals surface area contributed by atoms with Crippen LogP contribution in [0, 0.1) is 0 Å². The van der Waals surface area contributed by atoms with Gasteiger partial charge in [-0.05, 0) is 42.3 Å². The largest absolute Gasteiger partial charge is 0.399 e. The molecule has 2 aromatic carbocycles. The van der Waals surface area contributed by atoms with Crippen molar-refractivity contribution in [1.29, 1.82) is 0 Å². The summed E-state index contributed by atoms with van der Waals surface area (Å²) in [6.07, 6.45) is 0.796. The minimum absolute atomic E-state index is 0.138. The number of nitrogens with two attached hydrogens (primary N) is 1. The van der Waals surface area contributed by atoms with Gasteiger partial charge in [-0.1, -0.05) is 29.3 Å². The predicted molar refractivity (Wildman–Crippen MR) is 82.7 cm³/mol. The van der Waals surface area contributed by atoms with Gasteiger partial charge in [0.15, 0.2) is 0 Å². The smallest absolute Gasteiger partial charge is 0.259 e. The molecule has 0 fully saturated rings. The Morgan fingerprint density at radius 3 is 2.80 bits per heavy atom. The molecule has 0 aromatic heterocycles. The van der Waals surface area contributed by atoms with Crippen LogP contribution in [-0.4, -0.2) is 12.5 Å². The summed E-state index contributed by atoms with van der Waals surface area (Å²) in [6.45, 7) is 0.625. The van der Waals surface area contributed by atoms with Gasteiger partial charge in [-0.3, -0.25) is 4.79 Å². The topological polar surface area (TPSA) is 46.3 Å². The standard InChI is InChI=1S/C15H12Cl2N2O/c16-12-3-1-2-11(14(12)17)15(20)19-7-6-9-8-10(18)4-5-13(9)19/h1-5,8H,6-7,18H2. The van der Waals surface area contributed by atoms with E-state index >= 15 is 0 Å². The van der Waals surface area contributed by atoms with Crippen LogP contribution in [0.5, 0.6) is 0 Å². The van der Waals surface area contributed by atoms with Gasteiger partial charge in [0.05, 0.1) is 15.6 Å². The van der Waals surface area contributed by atoms with Crippen LogP contribution in [0.4, 0.5) is 11.4 Å². The number of anilines is 2. The number of amides is 1. The molecule has 5 heteroatoms. The Morgan fingerprint density at radius 2 is 2.00 bits per heavy atom. The zero-order valence-electron chi connectivity index (χ0n) is 10.6. The summed E-state index contributed by atoms with van der Waals surface area (Å²) in [7, 11) is 0. The van der Waals surface area contributed by atoms with E-state index in [0.29, 0.717) is 27.8 Å². The van der Waals surface area contributed by atoms with Crippen molar-refractivity contribution in [3.8, 4) is 0 Å². The Hall–Kier alpha value is -1.71. The summed E-state index contributed by atoms with van der Waals surface area (Å²) >= 11 is 12.1. The van der Waals surface area contributed by atoms with Crippen LogP contribution >= 0.6 is 23.2 Å². The first-order valence-corrected chi connectivity index (χ1v) is 6.98. The molecule has 102 valence electrons. The van der Waals surface area contributed by atoms with Gasteiger partial charge in [0, 0.05) is 17.9 Å². The minimum Gasteiger partial charge on any atom is -0.399 e. The Balaban J connectivity index is 2.00. The lowest BCUT2D eigenvalue weighted by atomic mass is 10.1. The van der Waals surface area contributed by atoms with Crippen molar-refractivity contribution in [3.05, 3.63) is 57.6 Å². The number of fused-ring (bicyclic) bond motifs is 1. The summed E-state index contributed by atoms with van der Waals surface area (Å²) in [5.74, 6) is -0.138. The Labute approximate surface area is 126 Å². The SMILES string of the molecule is Nc1ccc2c(c1)CCN2C(=O)c1cccc(Cl)c1Cl. The van der Waals surface area contributed by atoms with E-state index in [-0.39, 0.29) is 5.91 Å². The number of nitrogens with zero attached hydrogens (tertiary/aromatic N) is 1. The van der Waals surface area contributed by atoms with Crippen LogP contribution < -0.4 is 10.6 Å². The molecular formula is C15H12Cl2N2O. The normalized spacial score (nSPS) is 13.4. The van der Waals surface area contributed by atoms with E-state index in [9.17, 15) is 4.79 Å². The summed E-state index contributed by atoms with van der Waals surface area (Å²) in [4.78, 5) is 14.3. The number of carbonyl (C=O) groups is 1. The highest BCUT2D eigenvalue weighted by Crippen LogP contribution is 2.33. The van der Waals surface area contributed by atoms with Gasteiger partial charge in [-0.15, -0.1) is 0 Å². The monoisotopic (exact) mass is 306 g/mol. The van der Waals surface area contributed by atoms with E-state index in [4.69, 9.17) is 28.9 Å². The van der Waals surface area contributed by atoms with Gasteiger partial charge >= 0.3 is 0 Å². The molecule has 0 unspecified atom stereocenters. The first kappa shape index (κ1) is 13.3. The van der Waals surface area contributed by atoms with E-state index in [0.717, 1.165) is 17.7 Å². The first-order chi connectivity index (χ1) is 9.58. The van der Waals surface area contributed by atoms with E-state index in [1.54, 1.807) is 29.2 Å². The number of hydrogen-bond donors (Lipinski definition) is 1. The van der Waals surface area contributed by atoms with Gasteiger partial charge in [0.1, 0.15) is 0 Å². The van der Waals surface area contributed by atoms with Crippen LogP contribution in [0.25, 0.3) is 0 Å². The van der Waals surface area contributed by atoms with Gasteiger partial charge in [-0.25, -0.2) is 0 Å². The second-order valence-corrected chi connectivity index (χ2v) is 5.48. The van der Waals surface area contributed by atoms with Gasteiger partial charge in [0.2, 0.25) is 0 Å². The molecule has 1 aliphatic heterocycles. The quantitative estimate of drug-likeness (QED) is 0.815. The Bertz CT molecular complexity index is 700. The third kappa shape index (κ3) is 2.13. The zero-order chi connectivity index (χ0) is 14.3. The molecule has 20 heavy (non-hydrogen) atoms. The zero-order valence-corrected chi connectivity index (χ0v) is 12.1. The van der Waals surface area contributed by atoms with Gasteiger partial charge in [0.25, 0.3) is 5.91 Å². The fourth-order valence-electron chi connectivity index (χ4n) is 2.45. The molecule has 3 rings (SSSR count). The van der Waals surface area contributed by atoms with Crippen LogP contribution in [0.2, 0.25) is 10.0 Å². The molecule has 1 heterocycles. The lowest BCUT2D eigenvalue weighted by Crippen LogP contribution is -2.29. The average Bonchev–Trinajstić information content (AvgIpc) is 2.84. The van der Waals surface area contributed by atoms with Crippen LogP contribution in [-0.2, 0) is 6.42 Å². The van der Waals surface area contributed by atoms with E-state index in [2.05, 4.69) is 0 Å². The van der Waals surface area contributed by atoms with Crippen molar-refractivity contribution in [2.75, 3.05) is 17.2 Å². The molecule has 0 aliphatic carbocycles. The van der Waals surface area contributed by atoms with E-state index < -0.39 is 0 Å². The highest BCUT2D eigenvalue weighted by Gasteiger charge is 2.27. The van der Waals surface area contributed by atoms with Crippen LogP contribution in [0.15, 0.2) is 36.4 Å². The second-order valence-electron chi connectivity index (χ2n) is 4.70. The van der Waals surface area contributed by atoms with Crippen LogP contribution in [0.3, 0.4) is 0 Å². The number of nitrogen functional groups attached to an aromatic ring is 1. The molecule has 0 bridgehead atoms. The third-order valence-corrected chi connectivity index (χ3v) is 4.25. The van der Waals surface area contributed by atoms with E-state index in [1.807, 2.05) is 12.1 Å². The molecule has 0 saturated heterocycles. The molecule has 0 atom stereocenters. The number of halogens is 2. The fourth-order valence-corrected chi connectivity index (χ4v) is 2.83. The minimum atomic E-state index is -0.138. The molecule has 1 aliphatic rings. The van der Waals surface area contributed by atoms with Crippen molar-refractivity contribution in [1.82, 2.24) is 0 Å². The van der Waals surface area contributed by atoms with E-state index in [1.165, 1.54) is 0 Å². The molecule has 0 spiro atoms. The van der Waals surface area contributed by atoms with Crippen molar-refractivity contribution < 1.29 is 4.79 Å². The lowest BCUT2D eigenvalue weighted by Gasteiger charge is -2.18. The first-order valence-electron chi connectivity index (χ1n) is 6.22. The second kappa shape index (κ2) is 5.00. The Morgan fingerprint density at radius 1 is 1.20 bits per heavy atom. The van der Waals surface area contributed by atoms with Crippen molar-refractivity contribution in [2.24, 2.45) is 0 Å². The third-order valence-electron chi connectivity index (χ3n) is 3.43. The molecule has 2 N–H and O–H groups in total. The van der Waals surface area contributed by atoms with Crippen LogP contribution in [0.1, 0.15) is 15.9 Å². The molecular weight excluding hydrogens is 295 g/mol. The molecule has 2 aromatic rings. The highest BCUT2D eigenvalue weighted by atomic mass is 35.5. The maximum absolute atomic E-state index is 12.6. The molecule has 0 saturated carbocycles. The summed E-state index contributed by atoms with van der Waals surface area (Å²) < 4.78 is 0. The van der Waals surface area contributed by atoms with Gasteiger partial charge < -0.3 is 10.6 Å². The predicted octanol–water partition coefficient (Wildman–Crippen LogP) is 3.78. The summed E-state index contributed by atoms with van der Waals surface area (Å²) in [6, 6.07) is 10.6. The van der Waals surface area contributed by atoms with Crippen molar-refractivity contribution in [2.45, 2.75) is 6.42 Å². The number of rotatable bonds is 1. The molecule has 1 amide bonds. The van der Waals surface area contributed by atoms with Crippen molar-refractivity contribution >= 4 is 40.5 Å². The highest BCUT2D eigenvalue weighted by molar-refractivity contribution is 6.44. The molecule has 0 radical (unpaired) electrons. The van der Waals surface area contributed by atoms with Crippen molar-refractivity contribution in [3.63, 3.8) is 0 Å². The van der Waals surface area contributed by atoms with Gasteiger partial charge in [-0.2, -0.15) is 0 Å². The maximum Gasteiger partial charge on any atom is 0.259 e. The number of hydrogen-bond acceptors (Lipinski definition) is 2. The fraction of sp³-hybridized carbons (Fsp3) is 0.133. The molecule has 3 nitrogen and oxygen atoms in total. The summed E-state index contributed by atoms with van der Waals surface area (Å²) in [5, 5.41) is 0.678.